The Kier molecular flexibility index (Phi) is 3.30. The van der Waals surface area contributed by atoms with Crippen molar-refractivity contribution < 1.29 is 28.9 Å². The standard InChI is InChI=1S/C13H16I2N2O6/c1-21-10(18)5-3-2-4-6(5)11(19)22-7(4)8(3)23-12(20)9(14)13-15(16-13)17-13/h3-9,12,16-17,20H,2H2,1H3. The number of nitrogens with one attached hydrogen (secondary N) is 2. The Hall–Kier alpha value is 0.240. The van der Waals surface area contributed by atoms with Crippen molar-refractivity contribution in [2.45, 2.75) is 32.5 Å². The summed E-state index contributed by atoms with van der Waals surface area (Å²) in [6, 6.07) is 0. The third-order valence-corrected chi connectivity index (χ3v) is 13.0. The maximum atomic E-state index is 12.1. The number of halogens is 2. The molecule has 0 radical (unpaired) electrons. The van der Waals surface area contributed by atoms with E-state index in [0.29, 0.717) is 6.42 Å². The zero-order valence-electron chi connectivity index (χ0n) is 12.1. The van der Waals surface area contributed by atoms with Crippen molar-refractivity contribution in [2.75, 3.05) is 7.11 Å². The Morgan fingerprint density at radius 2 is 2.22 bits per heavy atom. The number of aliphatic hydroxyl groups is 1. The second kappa shape index (κ2) is 4.90. The van der Waals surface area contributed by atoms with Crippen molar-refractivity contribution in [3.05, 3.63) is 0 Å². The first kappa shape index (κ1) is 15.5. The van der Waals surface area contributed by atoms with E-state index in [1.807, 2.05) is 0 Å². The summed E-state index contributed by atoms with van der Waals surface area (Å²) in [6.07, 6.45) is -1.02. The molecule has 5 fully saturated rings. The van der Waals surface area contributed by atoms with Crippen LogP contribution in [0.3, 0.4) is 0 Å². The van der Waals surface area contributed by atoms with E-state index >= 15 is 0 Å². The number of rotatable bonds is 5. The van der Waals surface area contributed by atoms with Gasteiger partial charge in [-0.05, 0) is 0 Å². The summed E-state index contributed by atoms with van der Waals surface area (Å²) in [7, 11) is 1.33. The van der Waals surface area contributed by atoms with E-state index in [1.54, 1.807) is 0 Å². The molecular formula is C13H16I2N2O6. The first-order valence-electron chi connectivity index (χ1n) is 7.49. The third-order valence-electron chi connectivity index (χ3n) is 5.64. The minimum absolute atomic E-state index is 0.000970. The summed E-state index contributed by atoms with van der Waals surface area (Å²) >= 11 is 1.03. The molecule has 0 aromatic heterocycles. The van der Waals surface area contributed by atoms with E-state index < -0.39 is 44.6 Å². The molecule has 3 saturated heterocycles. The van der Waals surface area contributed by atoms with Gasteiger partial charge in [0.05, 0.1) is 0 Å². The molecule has 5 aliphatic rings. The number of methoxy groups -OCH3 is 1. The summed E-state index contributed by atoms with van der Waals surface area (Å²) in [4.78, 5) is 24.2. The van der Waals surface area contributed by atoms with E-state index in [-0.39, 0.29) is 37.5 Å². The predicted octanol–water partition coefficient (Wildman–Crippen LogP) is -0.329. The molecule has 2 saturated carbocycles. The van der Waals surface area contributed by atoms with Crippen molar-refractivity contribution in [3.8, 4) is 0 Å². The molecule has 23 heavy (non-hydrogen) atoms. The predicted molar refractivity (Wildman–Crippen MR) is 92.2 cm³/mol. The summed E-state index contributed by atoms with van der Waals surface area (Å²) in [6.45, 7) is 0. The van der Waals surface area contributed by atoms with Gasteiger partial charge in [-0.2, -0.15) is 0 Å². The van der Waals surface area contributed by atoms with Crippen LogP contribution in [-0.4, -0.2) is 50.2 Å². The monoisotopic (exact) mass is 550 g/mol. The van der Waals surface area contributed by atoms with Crippen molar-refractivity contribution >= 4 is 54.9 Å². The van der Waals surface area contributed by atoms with Gasteiger partial charge >= 0.3 is 154 Å². The third kappa shape index (κ3) is 1.96. The molecule has 0 amide bonds. The van der Waals surface area contributed by atoms with Gasteiger partial charge in [0.15, 0.2) is 0 Å². The molecule has 8 nitrogen and oxygen atoms in total. The summed E-state index contributed by atoms with van der Waals surface area (Å²) in [5, 5.41) is 10.4. The SMILES string of the molecule is COC(=O)C1C2CC3C(OC(=O)C31)C2OC(O)C(I)C12NI1N2. The summed E-state index contributed by atoms with van der Waals surface area (Å²) < 4.78 is 22.8. The average molecular weight is 550 g/mol. The van der Waals surface area contributed by atoms with Crippen LogP contribution in [0.5, 0.6) is 0 Å². The molecule has 3 N–H and O–H groups in total. The molecule has 2 bridgehead atoms. The van der Waals surface area contributed by atoms with E-state index in [2.05, 4.69) is 29.7 Å². The first-order valence-corrected chi connectivity index (χ1v) is 12.0. The van der Waals surface area contributed by atoms with E-state index in [9.17, 15) is 14.7 Å². The van der Waals surface area contributed by atoms with Crippen LogP contribution in [0.1, 0.15) is 6.42 Å². The second-order valence-electron chi connectivity index (χ2n) is 6.62. The van der Waals surface area contributed by atoms with Gasteiger partial charge in [0.2, 0.25) is 0 Å². The fourth-order valence-electron chi connectivity index (χ4n) is 4.50. The van der Waals surface area contributed by atoms with Crippen LogP contribution in [0.15, 0.2) is 0 Å². The van der Waals surface area contributed by atoms with Crippen LogP contribution >= 0.6 is 43.0 Å². The Morgan fingerprint density at radius 1 is 1.52 bits per heavy atom. The van der Waals surface area contributed by atoms with Crippen LogP contribution in [0.2, 0.25) is 0 Å². The van der Waals surface area contributed by atoms with Gasteiger partial charge in [-0.25, -0.2) is 0 Å². The molecule has 2 aliphatic carbocycles. The number of ether oxygens (including phenoxy) is 3. The van der Waals surface area contributed by atoms with Crippen LogP contribution in [0.4, 0.5) is 0 Å². The molecule has 8 unspecified atom stereocenters. The maximum absolute atomic E-state index is 12.1. The van der Waals surface area contributed by atoms with Crippen LogP contribution in [0.25, 0.3) is 0 Å². The van der Waals surface area contributed by atoms with Crippen molar-refractivity contribution in [1.82, 2.24) is 7.06 Å². The first-order chi connectivity index (χ1) is 11.0. The Morgan fingerprint density at radius 3 is 2.83 bits per heavy atom. The molecule has 8 atom stereocenters. The summed E-state index contributed by atoms with van der Waals surface area (Å²) in [5.74, 6) is -1.76. The van der Waals surface area contributed by atoms with Gasteiger partial charge in [0.1, 0.15) is 0 Å². The Bertz CT molecular complexity index is 599. The van der Waals surface area contributed by atoms with Crippen molar-refractivity contribution in [1.29, 1.82) is 0 Å². The van der Waals surface area contributed by atoms with Gasteiger partial charge in [-0.1, -0.05) is 0 Å². The van der Waals surface area contributed by atoms with Gasteiger partial charge in [-0.15, -0.1) is 0 Å². The normalized spacial score (nSPS) is 47.8. The van der Waals surface area contributed by atoms with Crippen LogP contribution in [-0.2, 0) is 23.8 Å². The fraction of sp³-hybridized carbons (Fsp3) is 0.846. The van der Waals surface area contributed by atoms with E-state index in [0.717, 1.165) is 0 Å². The van der Waals surface area contributed by atoms with Gasteiger partial charge < -0.3 is 0 Å². The number of fused-ring (bicyclic) bond motifs is 2. The van der Waals surface area contributed by atoms with E-state index in [1.165, 1.54) is 7.11 Å². The number of esters is 2. The molecular weight excluding hydrogens is 534 g/mol. The van der Waals surface area contributed by atoms with E-state index in [4.69, 9.17) is 14.2 Å². The Balaban J connectivity index is 1.36. The number of hydrogen-bond donors (Lipinski definition) is 3. The number of carbonyl (C=O) groups is 2. The van der Waals surface area contributed by atoms with Gasteiger partial charge in [-0.3, -0.25) is 0 Å². The summed E-state index contributed by atoms with van der Waals surface area (Å²) in [5.41, 5.74) is 0. The second-order valence-corrected chi connectivity index (χ2v) is 12.4. The van der Waals surface area contributed by atoms with Crippen LogP contribution < -0.4 is 7.06 Å². The zero-order valence-corrected chi connectivity index (χ0v) is 16.4. The minimum atomic E-state index is -1.16. The quantitative estimate of drug-likeness (QED) is 0.0809. The molecule has 3 heterocycles. The molecule has 128 valence electrons. The number of carbonyl (C=O) groups excluding carboxylic acids is 2. The molecule has 3 aliphatic heterocycles. The molecule has 0 aromatic carbocycles. The molecule has 0 aromatic rings. The van der Waals surface area contributed by atoms with Gasteiger partial charge in [0, 0.05) is 0 Å². The van der Waals surface area contributed by atoms with Gasteiger partial charge in [0.25, 0.3) is 0 Å². The number of alkyl halides is 2. The topological polar surface area (TPSA) is 126 Å². The molecule has 5 rings (SSSR count). The number of hydrogen-bond acceptors (Lipinski definition) is 8. The Labute approximate surface area is 153 Å². The van der Waals surface area contributed by atoms with Crippen LogP contribution in [0, 0.1) is 23.7 Å². The van der Waals surface area contributed by atoms with Crippen molar-refractivity contribution in [2.24, 2.45) is 23.7 Å². The number of aliphatic hydroxyl groups excluding tert-OH is 1. The average Bonchev–Trinajstić information content (AvgIpc) is 3.27. The molecule has 0 spiro atoms. The molecule has 10 heteroatoms. The zero-order chi connectivity index (χ0) is 16.1. The van der Waals surface area contributed by atoms with Crippen molar-refractivity contribution in [3.63, 3.8) is 0 Å². The fourth-order valence-corrected chi connectivity index (χ4v) is 12.1.